The molecule has 2 heterocycles. The molecule has 0 bridgehead atoms. The largest absolute Gasteiger partial charge is 0.321 e. The van der Waals surface area contributed by atoms with Crippen molar-refractivity contribution in [2.75, 3.05) is 5.32 Å². The second-order valence-corrected chi connectivity index (χ2v) is 4.80. The number of nitrogens with zero attached hydrogens (tertiary/aromatic N) is 2. The third-order valence-corrected chi connectivity index (χ3v) is 3.07. The van der Waals surface area contributed by atoms with Crippen molar-refractivity contribution in [3.8, 4) is 0 Å². The molecule has 1 N–H and O–H groups in total. The van der Waals surface area contributed by atoms with Gasteiger partial charge in [-0.2, -0.15) is 0 Å². The Morgan fingerprint density at radius 1 is 1.14 bits per heavy atom. The Balaban J connectivity index is 1.72. The number of rotatable bonds is 3. The van der Waals surface area contributed by atoms with Crippen molar-refractivity contribution < 1.29 is 4.79 Å². The molecule has 0 aliphatic heterocycles. The van der Waals surface area contributed by atoms with Crippen LogP contribution in [0.2, 0.25) is 0 Å². The van der Waals surface area contributed by atoms with Crippen molar-refractivity contribution >= 4 is 23.3 Å². The topological polar surface area (TPSA) is 46.4 Å². The summed E-state index contributed by atoms with van der Waals surface area (Å²) in [5.74, 6) is -0.157. The highest BCUT2D eigenvalue weighted by Crippen LogP contribution is 2.11. The first-order chi connectivity index (χ1) is 10.2. The molecule has 0 saturated carbocycles. The molecule has 2 aromatic heterocycles. The summed E-state index contributed by atoms with van der Waals surface area (Å²) in [5.41, 5.74) is 3.55. The zero-order valence-electron chi connectivity index (χ0n) is 11.7. The van der Waals surface area contributed by atoms with Gasteiger partial charge in [0.2, 0.25) is 5.91 Å². The Hall–Kier alpha value is -2.88. The van der Waals surface area contributed by atoms with Crippen LogP contribution in [0, 0.1) is 6.92 Å². The number of hydrogen-bond donors (Lipinski definition) is 1. The Kier molecular flexibility index (Phi) is 3.51. The summed E-state index contributed by atoms with van der Waals surface area (Å²) in [6, 6.07) is 13.4. The minimum Gasteiger partial charge on any atom is -0.321 e. The van der Waals surface area contributed by atoms with E-state index in [1.807, 2.05) is 66.2 Å². The Labute approximate surface area is 122 Å². The third kappa shape index (κ3) is 3.17. The van der Waals surface area contributed by atoms with E-state index < -0.39 is 0 Å². The number of nitrogens with one attached hydrogen (secondary N) is 1. The van der Waals surface area contributed by atoms with E-state index in [9.17, 15) is 4.79 Å². The van der Waals surface area contributed by atoms with Gasteiger partial charge in [0.15, 0.2) is 0 Å². The van der Waals surface area contributed by atoms with Gasteiger partial charge in [-0.05, 0) is 30.7 Å². The number of anilines is 1. The van der Waals surface area contributed by atoms with Gasteiger partial charge >= 0.3 is 0 Å². The Morgan fingerprint density at radius 2 is 1.95 bits per heavy atom. The van der Waals surface area contributed by atoms with Gasteiger partial charge in [-0.25, -0.2) is 4.98 Å². The number of amides is 1. The number of benzene rings is 1. The molecule has 0 atom stereocenters. The van der Waals surface area contributed by atoms with E-state index in [1.165, 1.54) is 6.08 Å². The van der Waals surface area contributed by atoms with Crippen molar-refractivity contribution in [2.45, 2.75) is 6.92 Å². The lowest BCUT2D eigenvalue weighted by Gasteiger charge is -2.02. The molecule has 0 radical (unpaired) electrons. The van der Waals surface area contributed by atoms with Crippen LogP contribution in [0.3, 0.4) is 0 Å². The predicted molar refractivity (Wildman–Crippen MR) is 84.0 cm³/mol. The van der Waals surface area contributed by atoms with Crippen LogP contribution in [0.25, 0.3) is 11.7 Å². The summed E-state index contributed by atoms with van der Waals surface area (Å²) < 4.78 is 1.89. The molecule has 4 nitrogen and oxygen atoms in total. The normalized spacial score (nSPS) is 11.1. The number of carbonyl (C=O) groups excluding carboxylic acids is 1. The highest BCUT2D eigenvalue weighted by molar-refractivity contribution is 6.01. The number of hydrogen-bond acceptors (Lipinski definition) is 2. The Bertz CT molecular complexity index is 803. The predicted octanol–water partition coefficient (Wildman–Crippen LogP) is 3.29. The zero-order chi connectivity index (χ0) is 14.7. The van der Waals surface area contributed by atoms with E-state index in [-0.39, 0.29) is 5.91 Å². The van der Waals surface area contributed by atoms with E-state index in [0.29, 0.717) is 0 Å². The van der Waals surface area contributed by atoms with Crippen LogP contribution in [-0.2, 0) is 4.79 Å². The lowest BCUT2D eigenvalue weighted by atomic mass is 10.2. The fraction of sp³-hybridized carbons (Fsp3) is 0.0588. The fourth-order valence-corrected chi connectivity index (χ4v) is 2.11. The molecule has 1 amide bonds. The van der Waals surface area contributed by atoms with Crippen LogP contribution in [0.1, 0.15) is 11.3 Å². The number of fused-ring (bicyclic) bond motifs is 1. The van der Waals surface area contributed by atoms with Gasteiger partial charge in [-0.1, -0.05) is 30.3 Å². The summed E-state index contributed by atoms with van der Waals surface area (Å²) in [6.45, 7) is 1.94. The maximum atomic E-state index is 11.9. The molecule has 4 heteroatoms. The van der Waals surface area contributed by atoms with Crippen molar-refractivity contribution in [2.24, 2.45) is 0 Å². The number of aromatic nitrogens is 2. The molecule has 1 aromatic carbocycles. The summed E-state index contributed by atoms with van der Waals surface area (Å²) in [5, 5.41) is 2.84. The number of imidazole rings is 1. The molecule has 21 heavy (non-hydrogen) atoms. The van der Waals surface area contributed by atoms with Crippen molar-refractivity contribution in [1.29, 1.82) is 0 Å². The molecule has 0 saturated heterocycles. The lowest BCUT2D eigenvalue weighted by molar-refractivity contribution is -0.111. The molecular formula is C17H15N3O. The first-order valence-electron chi connectivity index (χ1n) is 6.70. The number of aryl methyl sites for hydroxylation is 1. The maximum Gasteiger partial charge on any atom is 0.248 e. The van der Waals surface area contributed by atoms with E-state index in [1.54, 1.807) is 6.08 Å². The molecule has 0 fully saturated rings. The molecule has 3 aromatic rings. The highest BCUT2D eigenvalue weighted by atomic mass is 16.1. The maximum absolute atomic E-state index is 11.9. The summed E-state index contributed by atoms with van der Waals surface area (Å²) in [7, 11) is 0. The number of carbonyl (C=O) groups is 1. The monoisotopic (exact) mass is 277 g/mol. The van der Waals surface area contributed by atoms with Gasteiger partial charge in [-0.3, -0.25) is 4.79 Å². The van der Waals surface area contributed by atoms with Crippen molar-refractivity contribution in [3.05, 3.63) is 72.2 Å². The second kappa shape index (κ2) is 5.63. The first kappa shape index (κ1) is 13.1. The van der Waals surface area contributed by atoms with Crippen molar-refractivity contribution in [3.63, 3.8) is 0 Å². The molecule has 0 aliphatic rings. The summed E-state index contributed by atoms with van der Waals surface area (Å²) in [6.07, 6.45) is 7.09. The highest BCUT2D eigenvalue weighted by Gasteiger charge is 2.01. The average molecular weight is 277 g/mol. The van der Waals surface area contributed by atoms with Crippen LogP contribution in [0.15, 0.2) is 60.9 Å². The molecule has 0 spiro atoms. The fourth-order valence-electron chi connectivity index (χ4n) is 2.11. The molecule has 0 unspecified atom stereocenters. The second-order valence-electron chi connectivity index (χ2n) is 4.80. The molecular weight excluding hydrogens is 262 g/mol. The van der Waals surface area contributed by atoms with Crippen LogP contribution in [-0.4, -0.2) is 15.3 Å². The quantitative estimate of drug-likeness (QED) is 0.747. The van der Waals surface area contributed by atoms with Gasteiger partial charge in [0.25, 0.3) is 0 Å². The van der Waals surface area contributed by atoms with Gasteiger partial charge < -0.3 is 9.72 Å². The standard InChI is InChI=1S/C17H15N3O/c1-13-11-20-12-15(8-9-16(20)18-13)19-17(21)10-7-14-5-3-2-4-6-14/h2-12H,1H3,(H,19,21)/b10-7+. The average Bonchev–Trinajstić information content (AvgIpc) is 2.85. The van der Waals surface area contributed by atoms with E-state index in [4.69, 9.17) is 0 Å². The lowest BCUT2D eigenvalue weighted by Crippen LogP contribution is -2.08. The minimum atomic E-state index is -0.157. The smallest absolute Gasteiger partial charge is 0.248 e. The SMILES string of the molecule is Cc1cn2cc(NC(=O)/C=C/c3ccccc3)ccc2n1. The van der Waals surface area contributed by atoms with Crippen LogP contribution in [0.4, 0.5) is 5.69 Å². The van der Waals surface area contributed by atoms with E-state index in [0.717, 1.165) is 22.6 Å². The van der Waals surface area contributed by atoms with Gasteiger partial charge in [-0.15, -0.1) is 0 Å². The van der Waals surface area contributed by atoms with Crippen molar-refractivity contribution in [1.82, 2.24) is 9.38 Å². The minimum absolute atomic E-state index is 0.157. The van der Waals surface area contributed by atoms with Crippen LogP contribution in [0.5, 0.6) is 0 Å². The molecule has 0 aliphatic carbocycles. The van der Waals surface area contributed by atoms with E-state index >= 15 is 0 Å². The third-order valence-electron chi connectivity index (χ3n) is 3.07. The van der Waals surface area contributed by atoms with Gasteiger partial charge in [0, 0.05) is 18.5 Å². The van der Waals surface area contributed by atoms with Crippen LogP contribution < -0.4 is 5.32 Å². The van der Waals surface area contributed by atoms with E-state index in [2.05, 4.69) is 10.3 Å². The number of pyridine rings is 1. The Morgan fingerprint density at radius 3 is 2.76 bits per heavy atom. The van der Waals surface area contributed by atoms with Crippen LogP contribution >= 0.6 is 0 Å². The van der Waals surface area contributed by atoms with Gasteiger partial charge in [0.05, 0.1) is 11.4 Å². The first-order valence-corrected chi connectivity index (χ1v) is 6.70. The zero-order valence-corrected chi connectivity index (χ0v) is 11.7. The molecule has 3 rings (SSSR count). The molecule has 104 valence electrons. The summed E-state index contributed by atoms with van der Waals surface area (Å²) >= 11 is 0. The van der Waals surface area contributed by atoms with Gasteiger partial charge in [0.1, 0.15) is 5.65 Å². The summed E-state index contributed by atoms with van der Waals surface area (Å²) in [4.78, 5) is 16.2.